The van der Waals surface area contributed by atoms with Crippen molar-refractivity contribution in [3.05, 3.63) is 65.8 Å². The fourth-order valence-corrected chi connectivity index (χ4v) is 3.80. The van der Waals surface area contributed by atoms with E-state index < -0.39 is 18.0 Å². The van der Waals surface area contributed by atoms with Crippen LogP contribution in [0.4, 0.5) is 4.79 Å². The molecule has 4 amide bonds. The number of nitrogens with one attached hydrogen (secondary N) is 3. The highest BCUT2D eigenvalue weighted by Gasteiger charge is 2.33. The van der Waals surface area contributed by atoms with Crippen LogP contribution in [0.25, 0.3) is 22.5 Å². The number of pyridine rings is 1. The van der Waals surface area contributed by atoms with E-state index in [1.807, 2.05) is 12.1 Å². The van der Waals surface area contributed by atoms with Crippen molar-refractivity contribution < 1.29 is 23.5 Å². The summed E-state index contributed by atoms with van der Waals surface area (Å²) < 4.78 is 10.7. The molecule has 0 aliphatic carbocycles. The van der Waals surface area contributed by atoms with Gasteiger partial charge < -0.3 is 24.4 Å². The van der Waals surface area contributed by atoms with E-state index in [4.69, 9.17) is 9.15 Å². The van der Waals surface area contributed by atoms with E-state index in [1.54, 1.807) is 55.8 Å². The maximum atomic E-state index is 11.6. The lowest BCUT2D eigenvalue weighted by Gasteiger charge is -2.04. The van der Waals surface area contributed by atoms with Gasteiger partial charge in [0.15, 0.2) is 11.6 Å². The normalized spacial score (nSPS) is 16.7. The molecule has 1 fully saturated rings. The van der Waals surface area contributed by atoms with Crippen LogP contribution in [0.3, 0.4) is 0 Å². The second-order valence-electron chi connectivity index (χ2n) is 7.77. The SMILES string of the molecule is COc1ccc2c(c1)C(=O)N(C)C2.O=C1NC(=O)C(c2cc3ncc(-c4ncc[nH]4)cc3o2)N1. The standard InChI is InChI=1S/C13H9N5O3.C10H11NO2/c19-12-10(17-13(20)18-12)9-4-7-8(21-9)3-6(5-16-7)11-14-1-2-15-11;1-11-6-7-3-4-8(13-2)5-9(7)10(11)12/h1-5,10H,(H,14,15)(H2,17,18,19,20);3-5H,6H2,1-2H3. The highest BCUT2D eigenvalue weighted by molar-refractivity contribution is 6.04. The van der Waals surface area contributed by atoms with E-state index in [1.165, 1.54) is 0 Å². The summed E-state index contributed by atoms with van der Waals surface area (Å²) in [5.41, 5.74) is 3.74. The van der Waals surface area contributed by atoms with Crippen molar-refractivity contribution in [2.24, 2.45) is 0 Å². The van der Waals surface area contributed by atoms with Crippen LogP contribution in [-0.4, -0.2) is 51.9 Å². The van der Waals surface area contributed by atoms with E-state index >= 15 is 0 Å². The third-order valence-electron chi connectivity index (χ3n) is 5.52. The van der Waals surface area contributed by atoms with E-state index in [-0.39, 0.29) is 5.91 Å². The van der Waals surface area contributed by atoms with Crippen LogP contribution in [0.1, 0.15) is 27.7 Å². The Morgan fingerprint density at radius 2 is 2.00 bits per heavy atom. The number of methoxy groups -OCH3 is 1. The molecule has 2 aliphatic heterocycles. The van der Waals surface area contributed by atoms with Gasteiger partial charge in [-0.25, -0.2) is 9.78 Å². The Morgan fingerprint density at radius 3 is 2.71 bits per heavy atom. The molecule has 172 valence electrons. The molecule has 1 unspecified atom stereocenters. The molecule has 2 aliphatic rings. The van der Waals surface area contributed by atoms with Crippen molar-refractivity contribution in [2.75, 3.05) is 14.2 Å². The van der Waals surface area contributed by atoms with E-state index in [9.17, 15) is 14.4 Å². The van der Waals surface area contributed by atoms with Gasteiger partial charge in [-0.3, -0.25) is 19.9 Å². The second-order valence-corrected chi connectivity index (χ2v) is 7.77. The van der Waals surface area contributed by atoms with Gasteiger partial charge in [0.2, 0.25) is 0 Å². The summed E-state index contributed by atoms with van der Waals surface area (Å²) in [6.07, 6.45) is 5.02. The first-order valence-electron chi connectivity index (χ1n) is 10.4. The average molecular weight is 460 g/mol. The zero-order valence-electron chi connectivity index (χ0n) is 18.3. The molecule has 0 bridgehead atoms. The Morgan fingerprint density at radius 1 is 1.15 bits per heavy atom. The molecule has 11 nitrogen and oxygen atoms in total. The molecule has 1 atom stereocenters. The van der Waals surface area contributed by atoms with Crippen molar-refractivity contribution in [3.8, 4) is 17.1 Å². The number of nitrogens with zero attached hydrogens (tertiary/aromatic N) is 3. The molecule has 5 heterocycles. The van der Waals surface area contributed by atoms with E-state index in [0.717, 1.165) is 22.4 Å². The van der Waals surface area contributed by atoms with Crippen molar-refractivity contribution in [1.82, 2.24) is 30.5 Å². The quantitative estimate of drug-likeness (QED) is 0.398. The summed E-state index contributed by atoms with van der Waals surface area (Å²) in [4.78, 5) is 47.4. The second kappa shape index (κ2) is 8.35. The number of urea groups is 1. The van der Waals surface area contributed by atoms with Crippen molar-refractivity contribution in [3.63, 3.8) is 0 Å². The molecular formula is C23H20N6O5. The van der Waals surface area contributed by atoms with Gasteiger partial charge in [0.1, 0.15) is 22.9 Å². The van der Waals surface area contributed by atoms with Gasteiger partial charge in [0.25, 0.3) is 11.8 Å². The number of benzene rings is 1. The van der Waals surface area contributed by atoms with Crippen LogP contribution in [-0.2, 0) is 11.3 Å². The molecule has 6 rings (SSSR count). The number of amides is 4. The lowest BCUT2D eigenvalue weighted by Crippen LogP contribution is -2.22. The lowest BCUT2D eigenvalue weighted by molar-refractivity contribution is -0.120. The number of imide groups is 1. The molecule has 34 heavy (non-hydrogen) atoms. The summed E-state index contributed by atoms with van der Waals surface area (Å²) in [5, 5.41) is 4.64. The van der Waals surface area contributed by atoms with Gasteiger partial charge in [0.05, 0.1) is 7.11 Å². The molecule has 0 radical (unpaired) electrons. The summed E-state index contributed by atoms with van der Waals surface area (Å²) in [7, 11) is 3.40. The number of imidazole rings is 1. The van der Waals surface area contributed by atoms with Crippen molar-refractivity contribution >= 4 is 28.9 Å². The molecule has 0 saturated carbocycles. The fourth-order valence-electron chi connectivity index (χ4n) is 3.80. The largest absolute Gasteiger partial charge is 0.497 e. The number of carbonyl (C=O) groups is 3. The van der Waals surface area contributed by atoms with Crippen LogP contribution in [0.15, 0.2) is 53.3 Å². The summed E-state index contributed by atoms with van der Waals surface area (Å²) in [5.74, 6) is 1.40. The zero-order valence-corrected chi connectivity index (χ0v) is 18.3. The summed E-state index contributed by atoms with van der Waals surface area (Å²) in [6, 6.07) is 7.67. The van der Waals surface area contributed by atoms with Crippen LogP contribution in [0.2, 0.25) is 0 Å². The van der Waals surface area contributed by atoms with Crippen LogP contribution in [0, 0.1) is 0 Å². The average Bonchev–Trinajstić information content (AvgIpc) is 3.61. The predicted octanol–water partition coefficient (Wildman–Crippen LogP) is 2.38. The van der Waals surface area contributed by atoms with E-state index in [0.29, 0.717) is 29.2 Å². The minimum Gasteiger partial charge on any atom is -0.497 e. The summed E-state index contributed by atoms with van der Waals surface area (Å²) in [6.45, 7) is 0.707. The number of hydrogen-bond donors (Lipinski definition) is 3. The topological polar surface area (TPSA) is 142 Å². The number of hydrogen-bond acceptors (Lipinski definition) is 7. The highest BCUT2D eigenvalue weighted by atomic mass is 16.5. The maximum Gasteiger partial charge on any atom is 0.322 e. The molecule has 1 aromatic carbocycles. The molecule has 3 aromatic heterocycles. The number of H-pyrrole nitrogens is 1. The first-order chi connectivity index (χ1) is 16.4. The minimum absolute atomic E-state index is 0.0777. The Hall–Kier alpha value is -4.67. The van der Waals surface area contributed by atoms with Crippen LogP contribution >= 0.6 is 0 Å². The van der Waals surface area contributed by atoms with Gasteiger partial charge in [-0.1, -0.05) is 6.07 Å². The molecular weight excluding hydrogens is 440 g/mol. The highest BCUT2D eigenvalue weighted by Crippen LogP contribution is 2.27. The van der Waals surface area contributed by atoms with Gasteiger partial charge in [-0.15, -0.1) is 0 Å². The lowest BCUT2D eigenvalue weighted by atomic mass is 10.1. The number of ether oxygens (including phenoxy) is 1. The Labute approximate surface area is 193 Å². The zero-order chi connectivity index (χ0) is 23.8. The number of rotatable bonds is 3. The van der Waals surface area contributed by atoms with E-state index in [2.05, 4.69) is 25.6 Å². The van der Waals surface area contributed by atoms with Gasteiger partial charge in [0, 0.05) is 49.4 Å². The van der Waals surface area contributed by atoms with Gasteiger partial charge >= 0.3 is 6.03 Å². The Balaban J connectivity index is 0.000000159. The molecule has 0 spiro atoms. The minimum atomic E-state index is -0.821. The number of fused-ring (bicyclic) bond motifs is 2. The van der Waals surface area contributed by atoms with Gasteiger partial charge in [-0.05, 0) is 23.8 Å². The molecule has 3 N–H and O–H groups in total. The number of carbonyl (C=O) groups excluding carboxylic acids is 3. The molecule has 4 aromatic rings. The number of aromatic amines is 1. The molecule has 1 saturated heterocycles. The van der Waals surface area contributed by atoms with Crippen molar-refractivity contribution in [2.45, 2.75) is 12.6 Å². The Kier molecular flexibility index (Phi) is 5.21. The third-order valence-corrected chi connectivity index (χ3v) is 5.52. The van der Waals surface area contributed by atoms with Crippen LogP contribution in [0.5, 0.6) is 5.75 Å². The Bertz CT molecular complexity index is 1410. The third kappa shape index (κ3) is 3.83. The maximum absolute atomic E-state index is 11.6. The van der Waals surface area contributed by atoms with Crippen LogP contribution < -0.4 is 15.4 Å². The fraction of sp³-hybridized carbons (Fsp3) is 0.174. The first kappa shape index (κ1) is 21.2. The smallest absolute Gasteiger partial charge is 0.322 e. The molecule has 11 heteroatoms. The number of furan rings is 1. The number of aromatic nitrogens is 3. The monoisotopic (exact) mass is 460 g/mol. The summed E-state index contributed by atoms with van der Waals surface area (Å²) >= 11 is 0. The van der Waals surface area contributed by atoms with Crippen molar-refractivity contribution in [1.29, 1.82) is 0 Å². The predicted molar refractivity (Wildman–Crippen MR) is 120 cm³/mol. The first-order valence-corrected chi connectivity index (χ1v) is 10.4. The van der Waals surface area contributed by atoms with Gasteiger partial charge in [-0.2, -0.15) is 0 Å².